The fraction of sp³-hybridized carbons (Fsp3) is 0.0385. The van der Waals surface area contributed by atoms with E-state index in [0.717, 1.165) is 15.2 Å². The Balaban J connectivity index is 1.46. The predicted octanol–water partition coefficient (Wildman–Crippen LogP) is 5.30. The fourth-order valence-electron chi connectivity index (χ4n) is 3.26. The SMILES string of the molecule is COc1cc(/C=N\NC(=O)c2cc3ccccc3cc2O)ccc1OC(=O)c1cccc(Br)c1. The molecule has 34 heavy (non-hydrogen) atoms. The van der Waals surface area contributed by atoms with Crippen molar-refractivity contribution in [2.24, 2.45) is 5.10 Å². The Morgan fingerprint density at radius 2 is 1.71 bits per heavy atom. The molecule has 0 saturated heterocycles. The second kappa shape index (κ2) is 10.2. The van der Waals surface area contributed by atoms with Gasteiger partial charge in [0.25, 0.3) is 5.91 Å². The molecule has 0 aromatic heterocycles. The zero-order valence-corrected chi connectivity index (χ0v) is 19.6. The summed E-state index contributed by atoms with van der Waals surface area (Å²) in [6.45, 7) is 0. The Bertz CT molecular complexity index is 1420. The number of ether oxygens (including phenoxy) is 2. The van der Waals surface area contributed by atoms with Crippen LogP contribution in [-0.2, 0) is 0 Å². The molecule has 1 amide bonds. The maximum Gasteiger partial charge on any atom is 0.343 e. The normalized spacial score (nSPS) is 10.9. The number of esters is 1. The molecule has 0 radical (unpaired) electrons. The average molecular weight is 519 g/mol. The van der Waals surface area contributed by atoms with Crippen molar-refractivity contribution >= 4 is 44.8 Å². The molecule has 0 aliphatic heterocycles. The van der Waals surface area contributed by atoms with Crippen LogP contribution in [0.2, 0.25) is 0 Å². The van der Waals surface area contributed by atoms with E-state index >= 15 is 0 Å². The number of hydrogen-bond acceptors (Lipinski definition) is 6. The minimum absolute atomic E-state index is 0.114. The third-order valence-corrected chi connectivity index (χ3v) is 5.43. The number of phenolic OH excluding ortho intramolecular Hbond substituents is 1. The molecule has 0 aliphatic carbocycles. The third kappa shape index (κ3) is 5.24. The van der Waals surface area contributed by atoms with Crippen LogP contribution in [0, 0.1) is 0 Å². The van der Waals surface area contributed by atoms with E-state index in [2.05, 4.69) is 26.5 Å². The number of carbonyl (C=O) groups is 2. The Kier molecular flexibility index (Phi) is 6.89. The number of nitrogens with one attached hydrogen (secondary N) is 1. The van der Waals surface area contributed by atoms with Gasteiger partial charge in [-0.15, -0.1) is 0 Å². The first kappa shape index (κ1) is 23.0. The van der Waals surface area contributed by atoms with Crippen LogP contribution < -0.4 is 14.9 Å². The molecule has 4 aromatic rings. The zero-order valence-electron chi connectivity index (χ0n) is 18.0. The topological polar surface area (TPSA) is 97.2 Å². The summed E-state index contributed by atoms with van der Waals surface area (Å²) in [5.74, 6) is -0.639. The molecule has 0 atom stereocenters. The first-order valence-electron chi connectivity index (χ1n) is 10.2. The van der Waals surface area contributed by atoms with E-state index in [1.165, 1.54) is 19.4 Å². The average Bonchev–Trinajstić information content (AvgIpc) is 2.84. The summed E-state index contributed by atoms with van der Waals surface area (Å²) in [7, 11) is 1.46. The van der Waals surface area contributed by atoms with Crippen LogP contribution >= 0.6 is 15.9 Å². The van der Waals surface area contributed by atoms with Gasteiger partial charge in [0, 0.05) is 4.47 Å². The Morgan fingerprint density at radius 1 is 0.941 bits per heavy atom. The maximum atomic E-state index is 12.5. The first-order valence-corrected chi connectivity index (χ1v) is 10.9. The van der Waals surface area contributed by atoms with Gasteiger partial charge < -0.3 is 14.6 Å². The summed E-state index contributed by atoms with van der Waals surface area (Å²) in [4.78, 5) is 24.9. The Morgan fingerprint density at radius 3 is 2.44 bits per heavy atom. The number of rotatable bonds is 6. The van der Waals surface area contributed by atoms with Gasteiger partial charge >= 0.3 is 5.97 Å². The minimum atomic E-state index is -0.550. The molecule has 4 rings (SSSR count). The molecule has 0 spiro atoms. The zero-order chi connectivity index (χ0) is 24.1. The van der Waals surface area contributed by atoms with Gasteiger partial charge in [0.2, 0.25) is 0 Å². The number of amides is 1. The van der Waals surface area contributed by atoms with Gasteiger partial charge in [-0.05, 0) is 64.9 Å². The lowest BCUT2D eigenvalue weighted by Crippen LogP contribution is -2.17. The number of nitrogens with zero attached hydrogens (tertiary/aromatic N) is 1. The van der Waals surface area contributed by atoms with Crippen molar-refractivity contribution in [3.63, 3.8) is 0 Å². The molecule has 0 fully saturated rings. The maximum absolute atomic E-state index is 12.5. The van der Waals surface area contributed by atoms with Crippen LogP contribution in [-0.4, -0.2) is 30.3 Å². The largest absolute Gasteiger partial charge is 0.507 e. The number of benzene rings is 4. The number of hydrogen-bond donors (Lipinski definition) is 2. The van der Waals surface area contributed by atoms with Crippen molar-refractivity contribution < 1.29 is 24.2 Å². The number of hydrazone groups is 1. The van der Waals surface area contributed by atoms with Gasteiger partial charge in [-0.2, -0.15) is 5.10 Å². The number of halogens is 1. The van der Waals surface area contributed by atoms with Crippen LogP contribution in [0.5, 0.6) is 17.2 Å². The number of phenols is 1. The van der Waals surface area contributed by atoms with Gasteiger partial charge in [-0.3, -0.25) is 4.79 Å². The van der Waals surface area contributed by atoms with Crippen LogP contribution in [0.25, 0.3) is 10.8 Å². The molecular formula is C26H19BrN2O5. The standard InChI is InChI=1S/C26H19BrN2O5/c1-33-24-11-16(9-10-23(24)34-26(32)19-7-4-8-20(27)12-19)15-28-29-25(31)21-13-17-5-2-3-6-18(17)14-22(21)30/h2-15,30H,1H3,(H,29,31)/b28-15-. The summed E-state index contributed by atoms with van der Waals surface area (Å²) in [5, 5.41) is 15.8. The molecule has 4 aromatic carbocycles. The minimum Gasteiger partial charge on any atom is -0.507 e. The van der Waals surface area contributed by atoms with E-state index < -0.39 is 11.9 Å². The lowest BCUT2D eigenvalue weighted by atomic mass is 10.1. The van der Waals surface area contributed by atoms with Crippen LogP contribution in [0.1, 0.15) is 26.3 Å². The molecule has 7 nitrogen and oxygen atoms in total. The van der Waals surface area contributed by atoms with Gasteiger partial charge in [0.15, 0.2) is 11.5 Å². The van der Waals surface area contributed by atoms with Crippen molar-refractivity contribution in [3.05, 3.63) is 100 Å². The van der Waals surface area contributed by atoms with Crippen LogP contribution in [0.15, 0.2) is 88.4 Å². The molecule has 0 unspecified atom stereocenters. The van der Waals surface area contributed by atoms with Gasteiger partial charge in [0.1, 0.15) is 5.75 Å². The number of methoxy groups -OCH3 is 1. The van der Waals surface area contributed by atoms with E-state index in [9.17, 15) is 14.7 Å². The molecule has 0 aliphatic rings. The van der Waals surface area contributed by atoms with Crippen molar-refractivity contribution in [3.8, 4) is 17.2 Å². The molecular weight excluding hydrogens is 500 g/mol. The van der Waals surface area contributed by atoms with E-state index in [1.54, 1.807) is 42.5 Å². The highest BCUT2D eigenvalue weighted by Crippen LogP contribution is 2.29. The molecule has 170 valence electrons. The van der Waals surface area contributed by atoms with Crippen LogP contribution in [0.3, 0.4) is 0 Å². The second-order valence-electron chi connectivity index (χ2n) is 7.23. The van der Waals surface area contributed by atoms with E-state index in [4.69, 9.17) is 9.47 Å². The van der Waals surface area contributed by atoms with Crippen molar-refractivity contribution in [2.75, 3.05) is 7.11 Å². The van der Waals surface area contributed by atoms with Gasteiger partial charge in [-0.1, -0.05) is 46.3 Å². The third-order valence-electron chi connectivity index (χ3n) is 4.94. The van der Waals surface area contributed by atoms with Crippen LogP contribution in [0.4, 0.5) is 0 Å². The lowest BCUT2D eigenvalue weighted by molar-refractivity contribution is 0.0729. The first-order chi connectivity index (χ1) is 16.4. The summed E-state index contributed by atoms with van der Waals surface area (Å²) in [6, 6.07) is 22.3. The highest BCUT2D eigenvalue weighted by molar-refractivity contribution is 9.10. The molecule has 2 N–H and O–H groups in total. The second-order valence-corrected chi connectivity index (χ2v) is 8.14. The highest BCUT2D eigenvalue weighted by atomic mass is 79.9. The summed E-state index contributed by atoms with van der Waals surface area (Å²) < 4.78 is 11.5. The predicted molar refractivity (Wildman–Crippen MR) is 133 cm³/mol. The number of carbonyl (C=O) groups excluding carboxylic acids is 2. The summed E-state index contributed by atoms with van der Waals surface area (Å²) >= 11 is 3.33. The number of aromatic hydroxyl groups is 1. The Hall–Kier alpha value is -4.17. The molecule has 0 bridgehead atoms. The summed E-state index contributed by atoms with van der Waals surface area (Å²) in [6.07, 6.45) is 1.42. The van der Waals surface area contributed by atoms with Crippen molar-refractivity contribution in [1.29, 1.82) is 0 Å². The lowest BCUT2D eigenvalue weighted by Gasteiger charge is -2.10. The summed E-state index contributed by atoms with van der Waals surface area (Å²) in [5.41, 5.74) is 3.51. The smallest absolute Gasteiger partial charge is 0.343 e. The van der Waals surface area contributed by atoms with Crippen molar-refractivity contribution in [2.45, 2.75) is 0 Å². The van der Waals surface area contributed by atoms with E-state index in [1.807, 2.05) is 30.3 Å². The highest BCUT2D eigenvalue weighted by Gasteiger charge is 2.14. The van der Waals surface area contributed by atoms with Gasteiger partial charge in [0.05, 0.1) is 24.5 Å². The van der Waals surface area contributed by atoms with Crippen molar-refractivity contribution in [1.82, 2.24) is 5.43 Å². The molecule has 0 heterocycles. The van der Waals surface area contributed by atoms with E-state index in [0.29, 0.717) is 16.9 Å². The molecule has 8 heteroatoms. The monoisotopic (exact) mass is 518 g/mol. The number of fused-ring (bicyclic) bond motifs is 1. The quantitative estimate of drug-likeness (QED) is 0.156. The Labute approximate surface area is 203 Å². The van der Waals surface area contributed by atoms with E-state index in [-0.39, 0.29) is 17.1 Å². The fourth-order valence-corrected chi connectivity index (χ4v) is 3.66. The van der Waals surface area contributed by atoms with Gasteiger partial charge in [-0.25, -0.2) is 10.2 Å². The molecule has 0 saturated carbocycles.